The van der Waals surface area contributed by atoms with Crippen LogP contribution in [0, 0.1) is 0 Å². The van der Waals surface area contributed by atoms with E-state index in [2.05, 4.69) is 12.6 Å². The van der Waals surface area contributed by atoms with Crippen molar-refractivity contribution in [1.29, 1.82) is 0 Å². The van der Waals surface area contributed by atoms with Crippen LogP contribution in [0.3, 0.4) is 0 Å². The maximum Gasteiger partial charge on any atom is 0.325 e. The van der Waals surface area contributed by atoms with Gasteiger partial charge in [-0.05, 0) is 19.1 Å². The van der Waals surface area contributed by atoms with Gasteiger partial charge in [-0.1, -0.05) is 0 Å². The highest BCUT2D eigenvalue weighted by molar-refractivity contribution is 7.80. The molecule has 0 fully saturated rings. The molecule has 13 heavy (non-hydrogen) atoms. The molecule has 0 rings (SSSR count). The number of hydrogen-bond acceptors (Lipinski definition) is 5. The number of rotatable bonds is 6. The lowest BCUT2D eigenvalue weighted by atomic mass is 10.2. The van der Waals surface area contributed by atoms with Crippen molar-refractivity contribution in [2.75, 3.05) is 18.4 Å². The first-order valence-corrected chi connectivity index (χ1v) is 5.13. The Hall–Kier alpha value is 0.0300. The number of halogens is 1. The Bertz CT molecular complexity index is 159. The summed E-state index contributed by atoms with van der Waals surface area (Å²) in [5.41, 5.74) is 0. The van der Waals surface area contributed by atoms with Crippen LogP contribution < -0.4 is 0 Å². The molecule has 1 unspecified atom stereocenters. The smallest absolute Gasteiger partial charge is 0.325 e. The number of ether oxygens (including phenoxy) is 1. The van der Waals surface area contributed by atoms with E-state index in [-0.39, 0.29) is 12.6 Å². The molecule has 0 aliphatic rings. The van der Waals surface area contributed by atoms with Crippen molar-refractivity contribution in [3.8, 4) is 0 Å². The third-order valence-electron chi connectivity index (χ3n) is 1.44. The van der Waals surface area contributed by atoms with Gasteiger partial charge in [0.15, 0.2) is 0 Å². The molecule has 0 aromatic carbocycles. The predicted molar refractivity (Wildman–Crippen MR) is 53.2 cm³/mol. The molecule has 1 atom stereocenters. The number of hydroxylamine groups is 2. The molecule has 0 bridgehead atoms. The Morgan fingerprint density at radius 1 is 1.77 bits per heavy atom. The first kappa shape index (κ1) is 13.0. The van der Waals surface area contributed by atoms with Gasteiger partial charge in [0.05, 0.1) is 12.6 Å². The second kappa shape index (κ2) is 7.44. The van der Waals surface area contributed by atoms with Gasteiger partial charge in [0, 0.05) is 0 Å². The van der Waals surface area contributed by atoms with Crippen LogP contribution in [0.4, 0.5) is 0 Å². The highest BCUT2D eigenvalue weighted by atomic mass is 35.5. The Balaban J connectivity index is 4.13. The largest absolute Gasteiger partial charge is 0.465 e. The minimum atomic E-state index is -0.713. The third kappa shape index (κ3) is 4.71. The molecule has 4 nitrogen and oxygen atoms in total. The fourth-order valence-corrected chi connectivity index (χ4v) is 1.24. The van der Waals surface area contributed by atoms with E-state index in [0.717, 1.165) is 5.06 Å². The Morgan fingerprint density at radius 2 is 2.38 bits per heavy atom. The lowest BCUT2D eigenvalue weighted by molar-refractivity contribution is -0.170. The minimum Gasteiger partial charge on any atom is -0.465 e. The van der Waals surface area contributed by atoms with Crippen molar-refractivity contribution in [3.63, 3.8) is 0 Å². The molecule has 0 heterocycles. The zero-order valence-corrected chi connectivity index (χ0v) is 9.09. The van der Waals surface area contributed by atoms with Gasteiger partial charge in [-0.25, -0.2) is 0 Å². The van der Waals surface area contributed by atoms with E-state index in [1.165, 1.54) is 0 Å². The highest BCUT2D eigenvalue weighted by Crippen LogP contribution is 2.06. The summed E-state index contributed by atoms with van der Waals surface area (Å²) in [4.78, 5) is 11.2. The molecule has 0 radical (unpaired) electrons. The Labute approximate surface area is 88.2 Å². The summed E-state index contributed by atoms with van der Waals surface area (Å²) in [6.07, 6.45) is 0.408. The minimum absolute atomic E-state index is 0.128. The zero-order chi connectivity index (χ0) is 10.3. The number of alkyl halides is 1. The van der Waals surface area contributed by atoms with E-state index in [9.17, 15) is 10.0 Å². The van der Waals surface area contributed by atoms with Crippen molar-refractivity contribution in [3.05, 3.63) is 0 Å². The average Bonchev–Trinajstić information content (AvgIpc) is 2.13. The lowest BCUT2D eigenvalue weighted by Crippen LogP contribution is -2.39. The molecule has 0 spiro atoms. The van der Waals surface area contributed by atoms with Gasteiger partial charge in [-0.3, -0.25) is 4.79 Å². The van der Waals surface area contributed by atoms with E-state index >= 15 is 0 Å². The normalized spacial score (nSPS) is 13.0. The number of carbonyl (C=O) groups excluding carboxylic acids is 1. The van der Waals surface area contributed by atoms with Crippen LogP contribution in [0.15, 0.2) is 0 Å². The Kier molecular flexibility index (Phi) is 7.45. The van der Waals surface area contributed by atoms with Gasteiger partial charge >= 0.3 is 5.97 Å². The molecule has 0 aliphatic heterocycles. The maximum absolute atomic E-state index is 11.2. The summed E-state index contributed by atoms with van der Waals surface area (Å²) >= 11 is 9.34. The van der Waals surface area contributed by atoms with Gasteiger partial charge < -0.3 is 9.94 Å². The van der Waals surface area contributed by atoms with E-state index in [4.69, 9.17) is 16.3 Å². The fraction of sp³-hybridized carbons (Fsp3) is 0.857. The van der Waals surface area contributed by atoms with Crippen molar-refractivity contribution in [2.24, 2.45) is 0 Å². The van der Waals surface area contributed by atoms with Crippen LogP contribution in [0.5, 0.6) is 0 Å². The molecular formula is C7H14ClNO3S. The summed E-state index contributed by atoms with van der Waals surface area (Å²) < 4.78 is 4.75. The first-order valence-electron chi connectivity index (χ1n) is 3.96. The predicted octanol–water partition coefficient (Wildman–Crippen LogP) is 1.13. The SMILES string of the molecule is CCOC(=O)C(CCS)N(O)CCl. The first-order chi connectivity index (χ1) is 6.17. The van der Waals surface area contributed by atoms with E-state index in [1.54, 1.807) is 6.92 Å². The molecule has 6 heteroatoms. The summed E-state index contributed by atoms with van der Waals surface area (Å²) in [6, 6.07) is -0.841. The zero-order valence-electron chi connectivity index (χ0n) is 7.44. The molecule has 0 saturated heterocycles. The highest BCUT2D eigenvalue weighted by Gasteiger charge is 2.24. The van der Waals surface area contributed by atoms with Gasteiger partial charge in [0.25, 0.3) is 0 Å². The Morgan fingerprint density at radius 3 is 2.77 bits per heavy atom. The molecule has 0 aromatic heterocycles. The summed E-state index contributed by atoms with van der Waals surface area (Å²) in [5, 5.41) is 9.96. The molecule has 0 aromatic rings. The van der Waals surface area contributed by atoms with Crippen molar-refractivity contribution in [1.82, 2.24) is 5.06 Å². The number of esters is 1. The van der Waals surface area contributed by atoms with Crippen LogP contribution in [-0.2, 0) is 9.53 Å². The molecule has 78 valence electrons. The molecule has 0 saturated carbocycles. The van der Waals surface area contributed by atoms with Crippen molar-refractivity contribution in [2.45, 2.75) is 19.4 Å². The van der Waals surface area contributed by atoms with E-state index in [0.29, 0.717) is 12.2 Å². The van der Waals surface area contributed by atoms with Crippen LogP contribution in [-0.4, -0.2) is 40.6 Å². The number of carbonyl (C=O) groups is 1. The summed E-state index contributed by atoms with van der Waals surface area (Å²) in [6.45, 7) is 2.00. The fourth-order valence-electron chi connectivity index (χ4n) is 0.833. The van der Waals surface area contributed by atoms with Crippen LogP contribution in [0.25, 0.3) is 0 Å². The van der Waals surface area contributed by atoms with Crippen LogP contribution in [0.1, 0.15) is 13.3 Å². The maximum atomic E-state index is 11.2. The van der Waals surface area contributed by atoms with Crippen LogP contribution >= 0.6 is 24.2 Å². The third-order valence-corrected chi connectivity index (χ3v) is 1.95. The topological polar surface area (TPSA) is 49.8 Å². The standard InChI is InChI=1S/C7H14ClNO3S/c1-2-12-7(10)6(3-4-13)9(11)5-8/h6,11,13H,2-5H2,1H3. The second-order valence-corrected chi connectivity index (χ2v) is 3.03. The van der Waals surface area contributed by atoms with Crippen molar-refractivity contribution >= 4 is 30.2 Å². The molecular weight excluding hydrogens is 214 g/mol. The quantitative estimate of drug-likeness (QED) is 0.235. The summed E-state index contributed by atoms with van der Waals surface area (Å²) in [5.74, 6) is 0.0111. The van der Waals surface area contributed by atoms with E-state index in [1.807, 2.05) is 0 Å². The van der Waals surface area contributed by atoms with Gasteiger partial charge in [-0.15, -0.1) is 11.6 Å². The lowest BCUT2D eigenvalue weighted by Gasteiger charge is -2.21. The van der Waals surface area contributed by atoms with Crippen molar-refractivity contribution < 1.29 is 14.7 Å². The summed E-state index contributed by atoms with van der Waals surface area (Å²) in [7, 11) is 0. The number of hydrogen-bond donors (Lipinski definition) is 2. The molecule has 0 amide bonds. The van der Waals surface area contributed by atoms with Gasteiger partial charge in [0.2, 0.25) is 0 Å². The second-order valence-electron chi connectivity index (χ2n) is 2.34. The number of nitrogens with zero attached hydrogens (tertiary/aromatic N) is 1. The average molecular weight is 228 g/mol. The van der Waals surface area contributed by atoms with Gasteiger partial charge in [0.1, 0.15) is 6.04 Å². The molecule has 1 N–H and O–H groups in total. The van der Waals surface area contributed by atoms with Crippen LogP contribution in [0.2, 0.25) is 0 Å². The van der Waals surface area contributed by atoms with E-state index < -0.39 is 12.0 Å². The van der Waals surface area contributed by atoms with Gasteiger partial charge in [-0.2, -0.15) is 17.7 Å². The molecule has 0 aliphatic carbocycles. The monoisotopic (exact) mass is 227 g/mol. The number of thiol groups is 1.